The third-order valence-electron chi connectivity index (χ3n) is 1.94. The molecule has 0 saturated heterocycles. The zero-order chi connectivity index (χ0) is 14.4. The van der Waals surface area contributed by atoms with Crippen molar-refractivity contribution in [3.63, 3.8) is 0 Å². The van der Waals surface area contributed by atoms with Gasteiger partial charge in [0.05, 0.1) is 6.20 Å². The molecule has 3 nitrogen and oxygen atoms in total. The molecule has 1 heterocycles. The van der Waals surface area contributed by atoms with Gasteiger partial charge in [0.1, 0.15) is 0 Å². The molecule has 0 N–H and O–H groups in total. The molecule has 0 bridgehead atoms. The average Bonchev–Trinajstić information content (AvgIpc) is 2.61. The summed E-state index contributed by atoms with van der Waals surface area (Å²) in [6.45, 7) is 1.29. The summed E-state index contributed by atoms with van der Waals surface area (Å²) in [5.41, 5.74) is 0.148. The van der Waals surface area contributed by atoms with Gasteiger partial charge in [-0.2, -0.15) is 35.8 Å². The van der Waals surface area contributed by atoms with Crippen molar-refractivity contribution < 1.29 is 35.5 Å². The van der Waals surface area contributed by atoms with Crippen molar-refractivity contribution >= 4 is 5.91 Å². The Kier molecular flexibility index (Phi) is 3.17. The largest absolute Gasteiger partial charge is 0.460 e. The SMILES string of the molecule is Cc1cnn(C(=O)C(F)(F)C(F)(F)C(F)(F)F)c1. The third-order valence-corrected chi connectivity index (χ3v) is 1.94. The molecule has 0 aliphatic rings. The van der Waals surface area contributed by atoms with Crippen molar-refractivity contribution in [1.29, 1.82) is 0 Å². The first-order valence-electron chi connectivity index (χ1n) is 4.29. The maximum absolute atomic E-state index is 12.9. The zero-order valence-electron chi connectivity index (χ0n) is 8.60. The van der Waals surface area contributed by atoms with Crippen molar-refractivity contribution in [1.82, 2.24) is 9.78 Å². The molecule has 0 spiro atoms. The molecule has 1 rings (SSSR count). The molecule has 0 fully saturated rings. The van der Waals surface area contributed by atoms with Gasteiger partial charge in [-0.25, -0.2) is 4.68 Å². The van der Waals surface area contributed by atoms with Crippen molar-refractivity contribution in [3.05, 3.63) is 18.0 Å². The molecular weight excluding hydrogens is 273 g/mol. The average molecular weight is 278 g/mol. The van der Waals surface area contributed by atoms with Crippen molar-refractivity contribution in [2.45, 2.75) is 24.9 Å². The fraction of sp³-hybridized carbons (Fsp3) is 0.500. The molecule has 1 aromatic heterocycles. The van der Waals surface area contributed by atoms with Crippen LogP contribution in [0.4, 0.5) is 30.7 Å². The third kappa shape index (κ3) is 2.06. The van der Waals surface area contributed by atoms with Crippen LogP contribution in [0, 0.1) is 6.92 Å². The maximum Gasteiger partial charge on any atom is 0.460 e. The fourth-order valence-electron chi connectivity index (χ4n) is 0.980. The minimum absolute atomic E-state index is 0.148. The quantitative estimate of drug-likeness (QED) is 0.779. The summed E-state index contributed by atoms with van der Waals surface area (Å²) >= 11 is 0. The van der Waals surface area contributed by atoms with Crippen LogP contribution in [-0.4, -0.2) is 33.7 Å². The number of carbonyl (C=O) groups is 1. The lowest BCUT2D eigenvalue weighted by atomic mass is 10.1. The minimum Gasteiger partial charge on any atom is -0.265 e. The van der Waals surface area contributed by atoms with Gasteiger partial charge >= 0.3 is 23.9 Å². The first-order chi connectivity index (χ1) is 7.91. The van der Waals surface area contributed by atoms with Crippen LogP contribution >= 0.6 is 0 Å². The molecule has 10 heteroatoms. The van der Waals surface area contributed by atoms with Gasteiger partial charge < -0.3 is 0 Å². The number of alkyl halides is 7. The molecule has 0 aliphatic heterocycles. The number of aromatic nitrogens is 2. The highest BCUT2D eigenvalue weighted by atomic mass is 19.4. The van der Waals surface area contributed by atoms with Crippen LogP contribution in [0.15, 0.2) is 12.4 Å². The Morgan fingerprint density at radius 2 is 1.67 bits per heavy atom. The van der Waals surface area contributed by atoms with Crippen LogP contribution in [0.1, 0.15) is 10.4 Å². The predicted octanol–water partition coefficient (Wildman–Crippen LogP) is 2.66. The minimum atomic E-state index is -6.55. The lowest BCUT2D eigenvalue weighted by molar-refractivity contribution is -0.340. The molecule has 0 radical (unpaired) electrons. The van der Waals surface area contributed by atoms with Crippen molar-refractivity contribution in [2.75, 3.05) is 0 Å². The number of aryl methyl sites for hydroxylation is 1. The van der Waals surface area contributed by atoms with E-state index in [4.69, 9.17) is 0 Å². The molecular formula is C8H5F7N2O. The lowest BCUT2D eigenvalue weighted by Crippen LogP contribution is -2.57. The summed E-state index contributed by atoms with van der Waals surface area (Å²) in [5, 5.41) is 2.96. The van der Waals surface area contributed by atoms with Crippen molar-refractivity contribution in [3.8, 4) is 0 Å². The van der Waals surface area contributed by atoms with Crippen LogP contribution in [-0.2, 0) is 0 Å². The summed E-state index contributed by atoms with van der Waals surface area (Å²) in [7, 11) is 0. The van der Waals surface area contributed by atoms with E-state index in [9.17, 15) is 35.5 Å². The Morgan fingerprint density at radius 1 is 1.17 bits per heavy atom. The van der Waals surface area contributed by atoms with Crippen LogP contribution in [0.25, 0.3) is 0 Å². The van der Waals surface area contributed by atoms with E-state index in [0.29, 0.717) is 6.20 Å². The topological polar surface area (TPSA) is 34.9 Å². The number of hydrogen-bond acceptors (Lipinski definition) is 2. The summed E-state index contributed by atoms with van der Waals surface area (Å²) in [6.07, 6.45) is -5.07. The van der Waals surface area contributed by atoms with E-state index >= 15 is 0 Å². The number of hydrogen-bond donors (Lipinski definition) is 0. The van der Waals surface area contributed by atoms with Gasteiger partial charge in [-0.1, -0.05) is 0 Å². The first kappa shape index (κ1) is 14.5. The first-order valence-corrected chi connectivity index (χ1v) is 4.29. The number of nitrogens with zero attached hydrogens (tertiary/aromatic N) is 2. The normalized spacial score (nSPS) is 13.8. The molecule has 1 aromatic rings. The standard InChI is InChI=1S/C8H5F7N2O/c1-4-2-16-17(3-4)5(18)6(9,10)7(11,12)8(13,14)15/h2-3H,1H3. The van der Waals surface area contributed by atoms with E-state index in [1.54, 1.807) is 0 Å². The zero-order valence-corrected chi connectivity index (χ0v) is 8.60. The smallest absolute Gasteiger partial charge is 0.265 e. The van der Waals surface area contributed by atoms with Crippen LogP contribution in [0.5, 0.6) is 0 Å². The van der Waals surface area contributed by atoms with E-state index < -0.39 is 23.9 Å². The second kappa shape index (κ2) is 3.95. The van der Waals surface area contributed by atoms with Gasteiger partial charge in [0.25, 0.3) is 0 Å². The Labute approximate surface area is 95.2 Å². The van der Waals surface area contributed by atoms with E-state index in [0.717, 1.165) is 6.20 Å². The molecule has 18 heavy (non-hydrogen) atoms. The van der Waals surface area contributed by atoms with Crippen LogP contribution in [0.2, 0.25) is 0 Å². The summed E-state index contributed by atoms with van der Waals surface area (Å²) in [4.78, 5) is 10.9. The second-order valence-corrected chi connectivity index (χ2v) is 3.41. The van der Waals surface area contributed by atoms with Gasteiger partial charge in [0.15, 0.2) is 0 Å². The monoisotopic (exact) mass is 278 g/mol. The Morgan fingerprint density at radius 3 is 2.00 bits per heavy atom. The van der Waals surface area contributed by atoms with Crippen LogP contribution in [0.3, 0.4) is 0 Å². The Hall–Kier alpha value is -1.61. The van der Waals surface area contributed by atoms with Gasteiger partial charge in [-0.15, -0.1) is 0 Å². The van der Waals surface area contributed by atoms with E-state index in [2.05, 4.69) is 5.10 Å². The Balaban J connectivity index is 3.18. The molecule has 0 saturated carbocycles. The number of carbonyl (C=O) groups excluding carboxylic acids is 1. The fourth-order valence-corrected chi connectivity index (χ4v) is 0.980. The van der Waals surface area contributed by atoms with E-state index in [-0.39, 0.29) is 10.2 Å². The van der Waals surface area contributed by atoms with Gasteiger partial charge in [-0.3, -0.25) is 4.79 Å². The highest BCUT2D eigenvalue weighted by molar-refractivity contribution is 5.86. The van der Waals surface area contributed by atoms with Gasteiger partial charge in [0, 0.05) is 6.20 Å². The Bertz CT molecular complexity index is 462. The molecule has 0 atom stereocenters. The molecule has 0 aliphatic carbocycles. The highest BCUT2D eigenvalue weighted by Gasteiger charge is 2.76. The van der Waals surface area contributed by atoms with Crippen LogP contribution < -0.4 is 0 Å². The highest BCUT2D eigenvalue weighted by Crippen LogP contribution is 2.46. The lowest BCUT2D eigenvalue weighted by Gasteiger charge is -2.26. The second-order valence-electron chi connectivity index (χ2n) is 3.41. The van der Waals surface area contributed by atoms with Gasteiger partial charge in [-0.05, 0) is 12.5 Å². The number of rotatable bonds is 2. The maximum atomic E-state index is 12.9. The molecule has 102 valence electrons. The van der Waals surface area contributed by atoms with Gasteiger partial charge in [0.2, 0.25) is 0 Å². The summed E-state index contributed by atoms with van der Waals surface area (Å²) in [6, 6.07) is 0. The van der Waals surface area contributed by atoms with E-state index in [1.165, 1.54) is 6.92 Å². The van der Waals surface area contributed by atoms with Crippen molar-refractivity contribution in [2.24, 2.45) is 0 Å². The molecule has 0 unspecified atom stereocenters. The summed E-state index contributed by atoms with van der Waals surface area (Å²) < 4.78 is 86.0. The number of halogens is 7. The van der Waals surface area contributed by atoms with E-state index in [1.807, 2.05) is 0 Å². The summed E-state index contributed by atoms with van der Waals surface area (Å²) in [5.74, 6) is -15.2. The predicted molar refractivity (Wildman–Crippen MR) is 43.5 cm³/mol. The molecule has 0 aromatic carbocycles. The molecule has 0 amide bonds.